The molecule has 2 N–H and O–H groups in total. The van der Waals surface area contributed by atoms with E-state index in [9.17, 15) is 8.42 Å². The summed E-state index contributed by atoms with van der Waals surface area (Å²) in [5.41, 5.74) is 0. The number of primary sulfonamides is 1. The van der Waals surface area contributed by atoms with E-state index in [1.54, 1.807) is 6.07 Å². The van der Waals surface area contributed by atoms with Crippen LogP contribution in [-0.2, 0) is 10.0 Å². The summed E-state index contributed by atoms with van der Waals surface area (Å²) in [7, 11) is -3.52. The highest BCUT2D eigenvalue weighted by Gasteiger charge is 2.09. The smallest absolute Gasteiger partial charge is 0.224 e. The van der Waals surface area contributed by atoms with Crippen molar-refractivity contribution in [3.05, 3.63) is 23.1 Å². The highest BCUT2D eigenvalue weighted by atomic mass is 32.2. The van der Waals surface area contributed by atoms with Gasteiger partial charge in [0.15, 0.2) is 0 Å². The van der Waals surface area contributed by atoms with E-state index in [0.29, 0.717) is 0 Å². The van der Waals surface area contributed by atoms with Crippen molar-refractivity contribution in [2.75, 3.05) is 0 Å². The standard InChI is InChI=1S/C7H9NO2S2/c1-2-3-6-4-5-7(11-6)12(8,9)10/h2-5H,1H3,(H2,8,9,10)/b3-2+. The quantitative estimate of drug-likeness (QED) is 0.790. The number of allylic oxidation sites excluding steroid dienone is 1. The van der Waals surface area contributed by atoms with Gasteiger partial charge in [0.1, 0.15) is 4.21 Å². The largest absolute Gasteiger partial charge is 0.247 e. The van der Waals surface area contributed by atoms with E-state index in [4.69, 9.17) is 5.14 Å². The van der Waals surface area contributed by atoms with Gasteiger partial charge < -0.3 is 0 Å². The molecule has 0 aliphatic rings. The maximum atomic E-state index is 10.8. The van der Waals surface area contributed by atoms with E-state index in [1.807, 2.05) is 19.1 Å². The van der Waals surface area contributed by atoms with Gasteiger partial charge in [-0.15, -0.1) is 11.3 Å². The lowest BCUT2D eigenvalue weighted by molar-refractivity contribution is 0.600. The van der Waals surface area contributed by atoms with E-state index in [1.165, 1.54) is 6.07 Å². The maximum absolute atomic E-state index is 10.8. The van der Waals surface area contributed by atoms with Gasteiger partial charge in [-0.25, -0.2) is 13.6 Å². The molecule has 1 aromatic rings. The third-order valence-electron chi connectivity index (χ3n) is 1.21. The average molecular weight is 203 g/mol. The zero-order valence-corrected chi connectivity index (χ0v) is 8.15. The maximum Gasteiger partial charge on any atom is 0.247 e. The van der Waals surface area contributed by atoms with Crippen LogP contribution >= 0.6 is 11.3 Å². The van der Waals surface area contributed by atoms with Crippen molar-refractivity contribution in [1.29, 1.82) is 0 Å². The zero-order chi connectivity index (χ0) is 9.19. The molecule has 0 bridgehead atoms. The molecule has 0 amide bonds. The third kappa shape index (κ3) is 2.17. The Balaban J connectivity index is 3.08. The summed E-state index contributed by atoms with van der Waals surface area (Å²) in [4.78, 5) is 0.890. The normalized spacial score (nSPS) is 12.5. The number of rotatable bonds is 2. The minimum absolute atomic E-state index is 0.204. The van der Waals surface area contributed by atoms with Crippen molar-refractivity contribution in [3.8, 4) is 0 Å². The number of hydrogen-bond acceptors (Lipinski definition) is 3. The molecule has 0 saturated carbocycles. The van der Waals surface area contributed by atoms with Crippen LogP contribution in [0.15, 0.2) is 22.4 Å². The fourth-order valence-corrected chi connectivity index (χ4v) is 2.46. The SMILES string of the molecule is C/C=C/c1ccc(S(N)(=O)=O)s1. The van der Waals surface area contributed by atoms with Crippen molar-refractivity contribution < 1.29 is 8.42 Å². The molecule has 0 atom stereocenters. The summed E-state index contributed by atoms with van der Waals surface area (Å²) >= 11 is 1.16. The molecule has 5 heteroatoms. The van der Waals surface area contributed by atoms with Gasteiger partial charge in [-0.1, -0.05) is 6.08 Å². The second-order valence-electron chi connectivity index (χ2n) is 2.20. The van der Waals surface area contributed by atoms with E-state index < -0.39 is 10.0 Å². The predicted octanol–water partition coefficient (Wildman–Crippen LogP) is 1.43. The molecule has 0 fully saturated rings. The monoisotopic (exact) mass is 203 g/mol. The van der Waals surface area contributed by atoms with E-state index in [2.05, 4.69) is 0 Å². The molecule has 1 rings (SSSR count). The molecule has 0 unspecified atom stereocenters. The second-order valence-corrected chi connectivity index (χ2v) is 5.11. The summed E-state index contributed by atoms with van der Waals surface area (Å²) < 4.78 is 21.8. The van der Waals surface area contributed by atoms with Crippen molar-refractivity contribution in [2.45, 2.75) is 11.1 Å². The summed E-state index contributed by atoms with van der Waals surface area (Å²) in [6.07, 6.45) is 3.68. The van der Waals surface area contributed by atoms with Crippen LogP contribution in [0.2, 0.25) is 0 Å². The minimum Gasteiger partial charge on any atom is -0.224 e. The Morgan fingerprint density at radius 2 is 2.17 bits per heavy atom. The molecule has 1 aromatic heterocycles. The van der Waals surface area contributed by atoms with Crippen LogP contribution in [0.25, 0.3) is 6.08 Å². The summed E-state index contributed by atoms with van der Waals surface area (Å²) in [6, 6.07) is 3.24. The van der Waals surface area contributed by atoms with Crippen LogP contribution < -0.4 is 5.14 Å². The van der Waals surface area contributed by atoms with Gasteiger partial charge in [-0.2, -0.15) is 0 Å². The van der Waals surface area contributed by atoms with Crippen molar-refractivity contribution in [1.82, 2.24) is 0 Å². The molecule has 0 spiro atoms. The molecule has 66 valence electrons. The number of sulfonamides is 1. The van der Waals surface area contributed by atoms with Gasteiger partial charge in [0.05, 0.1) is 0 Å². The molecule has 0 aliphatic heterocycles. The molecular formula is C7H9NO2S2. The van der Waals surface area contributed by atoms with Crippen LogP contribution in [0.4, 0.5) is 0 Å². The summed E-state index contributed by atoms with van der Waals surface area (Å²) in [6.45, 7) is 1.87. The van der Waals surface area contributed by atoms with Gasteiger partial charge in [0, 0.05) is 4.88 Å². The first-order valence-electron chi connectivity index (χ1n) is 3.29. The lowest BCUT2D eigenvalue weighted by Crippen LogP contribution is -2.09. The van der Waals surface area contributed by atoms with E-state index >= 15 is 0 Å². The minimum atomic E-state index is -3.52. The first-order chi connectivity index (χ1) is 5.54. The van der Waals surface area contributed by atoms with Gasteiger partial charge in [0.25, 0.3) is 0 Å². The van der Waals surface area contributed by atoms with Gasteiger partial charge in [-0.05, 0) is 25.1 Å². The Bertz CT molecular complexity index is 389. The third-order valence-corrected chi connectivity index (χ3v) is 3.70. The van der Waals surface area contributed by atoms with Crippen LogP contribution in [-0.4, -0.2) is 8.42 Å². The Morgan fingerprint density at radius 3 is 2.58 bits per heavy atom. The fourth-order valence-electron chi connectivity index (χ4n) is 0.741. The fraction of sp³-hybridized carbons (Fsp3) is 0.143. The molecule has 12 heavy (non-hydrogen) atoms. The Kier molecular flexibility index (Phi) is 2.66. The zero-order valence-electron chi connectivity index (χ0n) is 6.52. The first kappa shape index (κ1) is 9.44. The van der Waals surface area contributed by atoms with Crippen molar-refractivity contribution in [3.63, 3.8) is 0 Å². The molecule has 0 saturated heterocycles. The van der Waals surface area contributed by atoms with Crippen LogP contribution in [0.3, 0.4) is 0 Å². The Labute approximate surface area is 75.6 Å². The molecule has 3 nitrogen and oxygen atoms in total. The highest BCUT2D eigenvalue weighted by Crippen LogP contribution is 2.20. The Morgan fingerprint density at radius 1 is 1.50 bits per heavy atom. The summed E-state index contributed by atoms with van der Waals surface area (Å²) in [5, 5.41) is 4.92. The number of nitrogens with two attached hydrogens (primary N) is 1. The number of hydrogen-bond donors (Lipinski definition) is 1. The van der Waals surface area contributed by atoms with Crippen LogP contribution in [0.1, 0.15) is 11.8 Å². The molecule has 0 radical (unpaired) electrons. The Hall–Kier alpha value is -0.650. The van der Waals surface area contributed by atoms with E-state index in [-0.39, 0.29) is 4.21 Å². The first-order valence-corrected chi connectivity index (χ1v) is 5.65. The van der Waals surface area contributed by atoms with E-state index in [0.717, 1.165) is 16.2 Å². The lowest BCUT2D eigenvalue weighted by atomic mass is 10.4. The van der Waals surface area contributed by atoms with Gasteiger partial charge in [-0.3, -0.25) is 0 Å². The topological polar surface area (TPSA) is 60.2 Å². The second kappa shape index (κ2) is 3.38. The van der Waals surface area contributed by atoms with Crippen molar-refractivity contribution >= 4 is 27.4 Å². The number of thiophene rings is 1. The highest BCUT2D eigenvalue weighted by molar-refractivity contribution is 7.91. The summed E-state index contributed by atoms with van der Waals surface area (Å²) in [5.74, 6) is 0. The molecule has 0 aromatic carbocycles. The van der Waals surface area contributed by atoms with Crippen LogP contribution in [0.5, 0.6) is 0 Å². The molecule has 0 aliphatic carbocycles. The predicted molar refractivity (Wildman–Crippen MR) is 50.4 cm³/mol. The lowest BCUT2D eigenvalue weighted by Gasteiger charge is -1.87. The van der Waals surface area contributed by atoms with Crippen molar-refractivity contribution in [2.24, 2.45) is 5.14 Å². The molecule has 1 heterocycles. The molecular weight excluding hydrogens is 194 g/mol. The van der Waals surface area contributed by atoms with Crippen LogP contribution in [0, 0.1) is 0 Å². The van der Waals surface area contributed by atoms with Gasteiger partial charge in [0.2, 0.25) is 10.0 Å². The van der Waals surface area contributed by atoms with Gasteiger partial charge >= 0.3 is 0 Å². The average Bonchev–Trinajstić information content (AvgIpc) is 2.35.